The van der Waals surface area contributed by atoms with Crippen LogP contribution >= 0.6 is 0 Å². The molecule has 1 N–H and O–H groups in total. The van der Waals surface area contributed by atoms with Crippen LogP contribution in [0.25, 0.3) is 6.08 Å². The third kappa shape index (κ3) is 4.97. The lowest BCUT2D eigenvalue weighted by molar-refractivity contribution is -0.385. The molecule has 0 fully saturated rings. The summed E-state index contributed by atoms with van der Waals surface area (Å²) in [5.41, 5.74) is 0.941. The predicted octanol–water partition coefficient (Wildman–Crippen LogP) is 3.71. The largest absolute Gasteiger partial charge is 0.479 e. The molecule has 0 aromatic heterocycles. The van der Waals surface area contributed by atoms with E-state index in [1.165, 1.54) is 42.5 Å². The Morgan fingerprint density at radius 3 is 2.41 bits per heavy atom. The highest BCUT2D eigenvalue weighted by atomic mass is 19.1. The predicted molar refractivity (Wildman–Crippen MR) is 95.5 cm³/mol. The minimum absolute atomic E-state index is 0.185. The topological polar surface area (TPSA) is 107 Å². The Hall–Kier alpha value is -3.55. The van der Waals surface area contributed by atoms with E-state index >= 15 is 0 Å². The first-order valence-corrected chi connectivity index (χ1v) is 7.81. The molecular formula is C19H16FNO6. The van der Waals surface area contributed by atoms with Crippen molar-refractivity contribution in [2.45, 2.75) is 13.8 Å². The number of carbonyl (C=O) groups is 2. The normalized spacial score (nSPS) is 10.8. The molecule has 0 aliphatic carbocycles. The molecule has 0 aliphatic heterocycles. The van der Waals surface area contributed by atoms with Crippen LogP contribution in [0.5, 0.6) is 5.75 Å². The number of ether oxygens (including phenoxy) is 1. The van der Waals surface area contributed by atoms with E-state index in [1.807, 2.05) is 0 Å². The summed E-state index contributed by atoms with van der Waals surface area (Å²) in [6.07, 6.45) is 2.60. The first-order chi connectivity index (χ1) is 12.7. The van der Waals surface area contributed by atoms with Gasteiger partial charge in [-0.3, -0.25) is 14.9 Å². The van der Waals surface area contributed by atoms with Crippen LogP contribution in [-0.2, 0) is 4.79 Å². The summed E-state index contributed by atoms with van der Waals surface area (Å²) in [5.74, 6) is -2.20. The molecule has 0 saturated heterocycles. The number of aryl methyl sites for hydroxylation is 2. The molecule has 7 nitrogen and oxygen atoms in total. The number of aliphatic carboxylic acids is 1. The minimum atomic E-state index is -1.26. The molecule has 0 amide bonds. The Balaban J connectivity index is 2.26. The highest BCUT2D eigenvalue weighted by Gasteiger charge is 2.16. The highest BCUT2D eigenvalue weighted by Crippen LogP contribution is 2.28. The molecule has 0 bridgehead atoms. The number of hydrogen-bond donors (Lipinski definition) is 1. The van der Waals surface area contributed by atoms with Crippen molar-refractivity contribution in [2.24, 2.45) is 0 Å². The molecule has 0 aliphatic rings. The standard InChI is InChI=1S/C19H16FNO6/c1-11-7-14(8-12(2)19(11)20)16(22)5-3-13-4-6-17(27-10-18(23)24)15(9-13)21(25)26/h3-9H,10H2,1-2H3,(H,23,24)/b5-3+. The third-order valence-corrected chi connectivity index (χ3v) is 3.68. The Morgan fingerprint density at radius 2 is 1.85 bits per heavy atom. The summed E-state index contributed by atoms with van der Waals surface area (Å²) in [5, 5.41) is 19.7. The average molecular weight is 373 g/mol. The number of rotatable bonds is 7. The molecule has 0 atom stereocenters. The van der Waals surface area contributed by atoms with Crippen LogP contribution in [0.3, 0.4) is 0 Å². The van der Waals surface area contributed by atoms with Crippen LogP contribution in [0.2, 0.25) is 0 Å². The second kappa shape index (κ2) is 8.22. The van der Waals surface area contributed by atoms with Crippen LogP contribution in [0.1, 0.15) is 27.0 Å². The van der Waals surface area contributed by atoms with Crippen LogP contribution < -0.4 is 4.74 Å². The van der Waals surface area contributed by atoms with Crippen molar-refractivity contribution in [1.82, 2.24) is 0 Å². The van der Waals surface area contributed by atoms with E-state index in [4.69, 9.17) is 9.84 Å². The van der Waals surface area contributed by atoms with E-state index in [2.05, 4.69) is 0 Å². The molecule has 8 heteroatoms. The van der Waals surface area contributed by atoms with E-state index < -0.39 is 23.2 Å². The van der Waals surface area contributed by atoms with Gasteiger partial charge in [0.2, 0.25) is 0 Å². The van der Waals surface area contributed by atoms with Gasteiger partial charge in [0, 0.05) is 11.6 Å². The zero-order chi connectivity index (χ0) is 20.1. The Kier molecular flexibility index (Phi) is 6.02. The molecule has 2 aromatic rings. The van der Waals surface area contributed by atoms with Crippen molar-refractivity contribution < 1.29 is 28.7 Å². The number of nitrogens with zero attached hydrogens (tertiary/aromatic N) is 1. The summed E-state index contributed by atoms with van der Waals surface area (Å²) < 4.78 is 18.5. The van der Waals surface area contributed by atoms with Crippen molar-refractivity contribution in [3.05, 3.63) is 74.6 Å². The number of benzene rings is 2. The van der Waals surface area contributed by atoms with Crippen molar-refractivity contribution >= 4 is 23.5 Å². The van der Waals surface area contributed by atoms with Gasteiger partial charge in [0.25, 0.3) is 0 Å². The van der Waals surface area contributed by atoms with Gasteiger partial charge in [-0.25, -0.2) is 9.18 Å². The maximum atomic E-state index is 13.7. The SMILES string of the molecule is Cc1cc(C(=O)/C=C/c2ccc(OCC(=O)O)c([N+](=O)[O-])c2)cc(C)c1F. The zero-order valence-electron chi connectivity index (χ0n) is 14.6. The molecule has 140 valence electrons. The molecule has 0 saturated carbocycles. The Labute approximate surface area is 153 Å². The van der Waals surface area contributed by atoms with Gasteiger partial charge in [-0.05, 0) is 54.8 Å². The zero-order valence-corrected chi connectivity index (χ0v) is 14.6. The van der Waals surface area contributed by atoms with Crippen LogP contribution in [-0.4, -0.2) is 28.4 Å². The van der Waals surface area contributed by atoms with E-state index in [1.54, 1.807) is 13.8 Å². The summed E-state index contributed by atoms with van der Waals surface area (Å²) >= 11 is 0. The maximum absolute atomic E-state index is 13.7. The summed E-state index contributed by atoms with van der Waals surface area (Å²) in [6.45, 7) is 2.40. The van der Waals surface area contributed by atoms with Crippen molar-refractivity contribution in [3.63, 3.8) is 0 Å². The van der Waals surface area contributed by atoms with Crippen molar-refractivity contribution in [3.8, 4) is 5.75 Å². The van der Waals surface area contributed by atoms with Crippen LogP contribution in [0.15, 0.2) is 36.4 Å². The van der Waals surface area contributed by atoms with E-state index in [0.717, 1.165) is 0 Å². The van der Waals surface area contributed by atoms with Gasteiger partial charge in [-0.2, -0.15) is 0 Å². The number of hydrogen-bond acceptors (Lipinski definition) is 5. The van der Waals surface area contributed by atoms with Crippen LogP contribution in [0.4, 0.5) is 10.1 Å². The summed E-state index contributed by atoms with van der Waals surface area (Å²) in [4.78, 5) is 33.2. The van der Waals surface area contributed by atoms with E-state index in [0.29, 0.717) is 22.3 Å². The third-order valence-electron chi connectivity index (χ3n) is 3.68. The fraction of sp³-hybridized carbons (Fsp3) is 0.158. The second-order valence-electron chi connectivity index (χ2n) is 5.79. The van der Waals surface area contributed by atoms with Crippen molar-refractivity contribution in [2.75, 3.05) is 6.61 Å². The Bertz CT molecular complexity index is 928. The second-order valence-corrected chi connectivity index (χ2v) is 5.79. The van der Waals surface area contributed by atoms with Gasteiger partial charge < -0.3 is 9.84 Å². The monoisotopic (exact) mass is 373 g/mol. The smallest absolute Gasteiger partial charge is 0.341 e. The van der Waals surface area contributed by atoms with Gasteiger partial charge in [-0.15, -0.1) is 0 Å². The van der Waals surface area contributed by atoms with Gasteiger partial charge in [0.05, 0.1) is 4.92 Å². The summed E-state index contributed by atoms with van der Waals surface area (Å²) in [6, 6.07) is 6.75. The maximum Gasteiger partial charge on any atom is 0.341 e. The molecule has 0 radical (unpaired) electrons. The highest BCUT2D eigenvalue weighted by molar-refractivity contribution is 6.07. The number of carbonyl (C=O) groups excluding carboxylic acids is 1. The molecule has 0 spiro atoms. The van der Waals surface area contributed by atoms with E-state index in [-0.39, 0.29) is 17.3 Å². The minimum Gasteiger partial charge on any atom is -0.479 e. The Morgan fingerprint density at radius 1 is 1.22 bits per heavy atom. The number of carboxylic acid groups (broad SMARTS) is 1. The lowest BCUT2D eigenvalue weighted by Gasteiger charge is -2.05. The molecule has 0 unspecified atom stereocenters. The molecular weight excluding hydrogens is 357 g/mol. The lowest BCUT2D eigenvalue weighted by atomic mass is 10.0. The van der Waals surface area contributed by atoms with Crippen molar-refractivity contribution in [1.29, 1.82) is 0 Å². The van der Waals surface area contributed by atoms with Gasteiger partial charge in [0.1, 0.15) is 5.82 Å². The number of nitro benzene ring substituents is 1. The van der Waals surface area contributed by atoms with Gasteiger partial charge in [0.15, 0.2) is 18.1 Å². The number of carboxylic acids is 1. The first kappa shape index (κ1) is 19.8. The molecule has 27 heavy (non-hydrogen) atoms. The number of allylic oxidation sites excluding steroid dienone is 1. The fourth-order valence-corrected chi connectivity index (χ4v) is 2.40. The van der Waals surface area contributed by atoms with E-state index in [9.17, 15) is 24.1 Å². The number of halogens is 1. The number of nitro groups is 1. The fourth-order valence-electron chi connectivity index (χ4n) is 2.40. The number of ketones is 1. The quantitative estimate of drug-likeness (QED) is 0.343. The van der Waals surface area contributed by atoms with Gasteiger partial charge >= 0.3 is 11.7 Å². The summed E-state index contributed by atoms with van der Waals surface area (Å²) in [7, 11) is 0. The van der Waals surface area contributed by atoms with Crippen LogP contribution in [0, 0.1) is 29.8 Å². The van der Waals surface area contributed by atoms with Gasteiger partial charge in [-0.1, -0.05) is 12.1 Å². The first-order valence-electron chi connectivity index (χ1n) is 7.81. The molecule has 2 rings (SSSR count). The average Bonchev–Trinajstić information content (AvgIpc) is 2.62. The molecule has 0 heterocycles. The lowest BCUT2D eigenvalue weighted by Crippen LogP contribution is -2.10. The molecule has 2 aromatic carbocycles.